The summed E-state index contributed by atoms with van der Waals surface area (Å²) >= 11 is 0. The number of nitro benzene ring substituents is 1. The number of nitrogens with zero attached hydrogens (tertiary/aromatic N) is 2. The summed E-state index contributed by atoms with van der Waals surface area (Å²) in [5.74, 6) is 0. The van der Waals surface area contributed by atoms with E-state index < -0.39 is 4.92 Å². The molecular formula is C15H20N2O3. The van der Waals surface area contributed by atoms with Gasteiger partial charge in [0.1, 0.15) is 0 Å². The molecule has 1 aromatic carbocycles. The minimum Gasteiger partial charge on any atom is -0.371 e. The quantitative estimate of drug-likeness (QED) is 0.482. The fourth-order valence-corrected chi connectivity index (χ4v) is 2.68. The van der Waals surface area contributed by atoms with E-state index in [1.54, 1.807) is 12.1 Å². The monoisotopic (exact) mass is 276 g/mol. The van der Waals surface area contributed by atoms with Crippen LogP contribution in [0, 0.1) is 15.5 Å². The van der Waals surface area contributed by atoms with E-state index in [2.05, 4.69) is 18.7 Å². The summed E-state index contributed by atoms with van der Waals surface area (Å²) in [6, 6.07) is 4.79. The third-order valence-electron chi connectivity index (χ3n) is 4.04. The van der Waals surface area contributed by atoms with Gasteiger partial charge in [0.05, 0.1) is 10.5 Å². The van der Waals surface area contributed by atoms with E-state index in [1.807, 2.05) is 0 Å². The molecule has 108 valence electrons. The molecule has 1 heterocycles. The van der Waals surface area contributed by atoms with Crippen molar-refractivity contribution in [2.75, 3.05) is 18.0 Å². The van der Waals surface area contributed by atoms with Gasteiger partial charge in [0.15, 0.2) is 6.29 Å². The second kappa shape index (κ2) is 5.61. The summed E-state index contributed by atoms with van der Waals surface area (Å²) in [4.78, 5) is 23.6. The summed E-state index contributed by atoms with van der Waals surface area (Å²) in [7, 11) is 0. The van der Waals surface area contributed by atoms with E-state index in [0.29, 0.717) is 11.7 Å². The lowest BCUT2D eigenvalue weighted by Gasteiger charge is -2.25. The highest BCUT2D eigenvalue weighted by Crippen LogP contribution is 2.32. The van der Waals surface area contributed by atoms with Gasteiger partial charge in [-0.15, -0.1) is 0 Å². The van der Waals surface area contributed by atoms with Crippen LogP contribution in [0.25, 0.3) is 0 Å². The molecule has 5 nitrogen and oxygen atoms in total. The average molecular weight is 276 g/mol. The van der Waals surface area contributed by atoms with Gasteiger partial charge in [-0.2, -0.15) is 0 Å². The maximum Gasteiger partial charge on any atom is 0.280 e. The van der Waals surface area contributed by atoms with Gasteiger partial charge in [-0.3, -0.25) is 14.9 Å². The van der Waals surface area contributed by atoms with Crippen LogP contribution in [0.2, 0.25) is 0 Å². The van der Waals surface area contributed by atoms with E-state index in [9.17, 15) is 14.9 Å². The number of benzene rings is 1. The van der Waals surface area contributed by atoms with Gasteiger partial charge in [-0.05, 0) is 36.8 Å². The van der Waals surface area contributed by atoms with Gasteiger partial charge >= 0.3 is 0 Å². The van der Waals surface area contributed by atoms with Gasteiger partial charge in [0.25, 0.3) is 5.69 Å². The largest absolute Gasteiger partial charge is 0.371 e. The molecule has 0 N–H and O–H groups in total. The standard InChI is InChI=1S/C15H20N2O3/c1-15(2)6-3-8-16(9-7-15)13-4-5-14(17(19)20)12(10-13)11-18/h4-5,10-11H,3,6-9H2,1-2H3. The molecule has 1 fully saturated rings. The lowest BCUT2D eigenvalue weighted by atomic mass is 9.85. The predicted molar refractivity (Wildman–Crippen MR) is 78.3 cm³/mol. The van der Waals surface area contributed by atoms with Gasteiger partial charge in [0.2, 0.25) is 0 Å². The van der Waals surface area contributed by atoms with Gasteiger partial charge in [-0.1, -0.05) is 13.8 Å². The Balaban J connectivity index is 2.25. The first kappa shape index (κ1) is 14.5. The highest BCUT2D eigenvalue weighted by Gasteiger charge is 2.24. The van der Waals surface area contributed by atoms with E-state index >= 15 is 0 Å². The van der Waals surface area contributed by atoms with Crippen molar-refractivity contribution < 1.29 is 9.72 Å². The number of anilines is 1. The molecule has 0 atom stereocenters. The van der Waals surface area contributed by atoms with E-state index in [0.717, 1.165) is 31.6 Å². The summed E-state index contributed by atoms with van der Waals surface area (Å²) < 4.78 is 0. The van der Waals surface area contributed by atoms with Crippen LogP contribution in [0.1, 0.15) is 43.5 Å². The summed E-state index contributed by atoms with van der Waals surface area (Å²) in [5.41, 5.74) is 1.26. The molecule has 0 radical (unpaired) electrons. The van der Waals surface area contributed by atoms with Gasteiger partial charge in [0, 0.05) is 24.8 Å². The highest BCUT2D eigenvalue weighted by atomic mass is 16.6. The molecule has 0 aliphatic carbocycles. The van der Waals surface area contributed by atoms with Crippen LogP contribution in [0.5, 0.6) is 0 Å². The van der Waals surface area contributed by atoms with Crippen LogP contribution in [0.3, 0.4) is 0 Å². The lowest BCUT2D eigenvalue weighted by Crippen LogP contribution is -2.25. The molecule has 5 heteroatoms. The number of carbonyl (C=O) groups is 1. The third kappa shape index (κ3) is 3.15. The number of hydrogen-bond acceptors (Lipinski definition) is 4. The molecule has 1 saturated heterocycles. The fraction of sp³-hybridized carbons (Fsp3) is 0.533. The topological polar surface area (TPSA) is 63.4 Å². The Hall–Kier alpha value is -1.91. The highest BCUT2D eigenvalue weighted by molar-refractivity contribution is 5.83. The van der Waals surface area contributed by atoms with Crippen molar-refractivity contribution in [3.63, 3.8) is 0 Å². The van der Waals surface area contributed by atoms with Crippen LogP contribution < -0.4 is 4.90 Å². The van der Waals surface area contributed by atoms with Crippen molar-refractivity contribution >= 4 is 17.7 Å². The zero-order valence-electron chi connectivity index (χ0n) is 12.0. The van der Waals surface area contributed by atoms with E-state index in [1.165, 1.54) is 12.5 Å². The first-order valence-electron chi connectivity index (χ1n) is 6.91. The average Bonchev–Trinajstić information content (AvgIpc) is 2.59. The molecule has 0 aromatic heterocycles. The molecule has 1 aliphatic heterocycles. The Morgan fingerprint density at radius 2 is 2.05 bits per heavy atom. The second-order valence-electron chi connectivity index (χ2n) is 6.12. The van der Waals surface area contributed by atoms with Crippen molar-refractivity contribution in [2.24, 2.45) is 5.41 Å². The number of carbonyl (C=O) groups excluding carboxylic acids is 1. The zero-order chi connectivity index (χ0) is 14.8. The lowest BCUT2D eigenvalue weighted by molar-refractivity contribution is -0.385. The molecule has 0 saturated carbocycles. The van der Waals surface area contributed by atoms with Gasteiger partial charge < -0.3 is 4.90 Å². The minimum absolute atomic E-state index is 0.126. The molecule has 20 heavy (non-hydrogen) atoms. The molecular weight excluding hydrogens is 256 g/mol. The SMILES string of the molecule is CC1(C)CCCN(c2ccc([N+](=O)[O-])c(C=O)c2)CC1. The van der Waals surface area contributed by atoms with Crippen molar-refractivity contribution in [2.45, 2.75) is 33.1 Å². The summed E-state index contributed by atoms with van der Waals surface area (Å²) in [6.45, 7) is 6.38. The number of rotatable bonds is 3. The molecule has 2 rings (SSSR count). The third-order valence-corrected chi connectivity index (χ3v) is 4.04. The predicted octanol–water partition coefficient (Wildman–Crippen LogP) is 3.42. The molecule has 1 aliphatic rings. The number of aldehydes is 1. The smallest absolute Gasteiger partial charge is 0.280 e. The number of nitro groups is 1. The Labute approximate surface area is 118 Å². The van der Waals surface area contributed by atoms with Crippen molar-refractivity contribution in [1.82, 2.24) is 0 Å². The van der Waals surface area contributed by atoms with Crippen molar-refractivity contribution in [1.29, 1.82) is 0 Å². The van der Waals surface area contributed by atoms with Gasteiger partial charge in [-0.25, -0.2) is 0 Å². The maximum atomic E-state index is 11.0. The summed E-state index contributed by atoms with van der Waals surface area (Å²) in [6.07, 6.45) is 3.92. The molecule has 0 unspecified atom stereocenters. The Bertz CT molecular complexity index is 526. The Kier molecular flexibility index (Phi) is 4.06. The van der Waals surface area contributed by atoms with Crippen LogP contribution in [-0.2, 0) is 0 Å². The summed E-state index contributed by atoms with van der Waals surface area (Å²) in [5, 5.41) is 10.8. The van der Waals surface area contributed by atoms with Crippen molar-refractivity contribution in [3.05, 3.63) is 33.9 Å². The van der Waals surface area contributed by atoms with E-state index in [-0.39, 0.29) is 11.3 Å². The first-order chi connectivity index (χ1) is 9.43. The normalized spacial score (nSPS) is 18.4. The van der Waals surface area contributed by atoms with Crippen LogP contribution in [0.15, 0.2) is 18.2 Å². The molecule has 0 amide bonds. The zero-order valence-corrected chi connectivity index (χ0v) is 12.0. The maximum absolute atomic E-state index is 11.0. The molecule has 0 spiro atoms. The second-order valence-corrected chi connectivity index (χ2v) is 6.12. The van der Waals surface area contributed by atoms with Crippen molar-refractivity contribution in [3.8, 4) is 0 Å². The van der Waals surface area contributed by atoms with Crippen LogP contribution in [-0.4, -0.2) is 24.3 Å². The Morgan fingerprint density at radius 1 is 1.30 bits per heavy atom. The first-order valence-corrected chi connectivity index (χ1v) is 6.91. The van der Waals surface area contributed by atoms with Crippen LogP contribution in [0.4, 0.5) is 11.4 Å². The molecule has 0 bridgehead atoms. The number of hydrogen-bond donors (Lipinski definition) is 0. The van der Waals surface area contributed by atoms with Crippen LogP contribution >= 0.6 is 0 Å². The molecule has 1 aromatic rings. The minimum atomic E-state index is -0.515. The van der Waals surface area contributed by atoms with E-state index in [4.69, 9.17) is 0 Å². The Morgan fingerprint density at radius 3 is 2.70 bits per heavy atom. The fourth-order valence-electron chi connectivity index (χ4n) is 2.68.